The number of carbonyl (C=O) groups excluding carboxylic acids is 4. The average molecular weight is 1990 g/mol. The molecule has 5 fully saturated rings. The van der Waals surface area contributed by atoms with E-state index >= 15 is 0 Å². The summed E-state index contributed by atoms with van der Waals surface area (Å²) in [7, 11) is -14.0. The highest BCUT2D eigenvalue weighted by Gasteiger charge is 2.45. The van der Waals surface area contributed by atoms with Gasteiger partial charge in [0.05, 0.1) is 60.0 Å². The molecular weight excluding hydrogens is 1870 g/mol. The monoisotopic (exact) mass is 1990 g/mol. The van der Waals surface area contributed by atoms with Crippen molar-refractivity contribution in [3.05, 3.63) is 222 Å². The Morgan fingerprint density at radius 2 is 0.914 bits per heavy atom. The molecule has 0 saturated carbocycles. The first kappa shape index (κ1) is 104. The van der Waals surface area contributed by atoms with Gasteiger partial charge < -0.3 is 60.9 Å². The summed E-state index contributed by atoms with van der Waals surface area (Å²) in [5.74, 6) is 0.583. The summed E-state index contributed by atoms with van der Waals surface area (Å²) in [5, 5.41) is 9.48. The van der Waals surface area contributed by atoms with E-state index < -0.39 is 69.5 Å². The van der Waals surface area contributed by atoms with Gasteiger partial charge in [-0.2, -0.15) is 30.2 Å². The minimum atomic E-state index is -4.31. The Bertz CT molecular complexity index is 6980. The lowest BCUT2D eigenvalue weighted by Crippen LogP contribution is -2.41. The van der Waals surface area contributed by atoms with Crippen molar-refractivity contribution in [2.24, 2.45) is 29.6 Å². The van der Waals surface area contributed by atoms with Gasteiger partial charge in [0.1, 0.15) is 68.7 Å². The molecule has 0 radical (unpaired) electrons. The number of nitrogens with zero attached hydrogens (tertiary/aromatic N) is 12. The van der Waals surface area contributed by atoms with Crippen LogP contribution < -0.4 is 69.9 Å². The van der Waals surface area contributed by atoms with Gasteiger partial charge in [0.15, 0.2) is 15.1 Å². The molecule has 5 aliphatic rings. The van der Waals surface area contributed by atoms with Gasteiger partial charge in [0.2, 0.25) is 5.88 Å². The standard InChI is InChI=1S/C25H28FN5O4S.2C25H29N5O4S.C24H32N4O5S/c1-15-13-25(2,3)31(14-15)23-16(24(32)30-36(33,34)20-9-6-12-28-22(20)27)10-11-18(29-23)21-17(26)7-5-8-19(21)35-4;1-16-13-25(2,3)30(15-16)23-20(12-18(14-27-23)17-7-5-8-19(11-17)34-4)24(31)29-35(32,33)22-10-6-9-21(26)28-22;1-15-8-11-20(31)18(12-15)19-10-9-17(23(27-19)30-14-16(2)13-25(30,3)4)24(32)29-35(33,34)22-7-5-6-21(26)28-22;1-17-14-24(2,3)28(15-17)22-19(6-5-11-25-22)23(29)27-34(30,31)21-8-4-7-20(26-21)33-16-18-9-12-32-13-10-18/h5-12,15H,13-14H2,1-4H3,(H2,27,28)(H,30,32);5-12,14,16H,13,15H2,1-4H3,(H2,26,28)(H,29,31);5-12,16,31H,13-14H2,1-4H3,(H2,26,28)(H,29,32);4-8,11,17-18H,9-10,12-16H2,1-3H3,(H,27,29)/t15-;;16-;/m0.0./s1. The van der Waals surface area contributed by atoms with E-state index in [1.165, 1.54) is 98.2 Å². The fraction of sp³-hybridized carbons (Fsp3) is 0.374. The van der Waals surface area contributed by atoms with Crippen LogP contribution in [0.5, 0.6) is 23.1 Å². The second-order valence-electron chi connectivity index (χ2n) is 38.2. The van der Waals surface area contributed by atoms with E-state index in [0.29, 0.717) is 109 Å². The number of halogens is 1. The van der Waals surface area contributed by atoms with Gasteiger partial charge in [-0.3, -0.25) is 19.2 Å². The van der Waals surface area contributed by atoms with Crippen molar-refractivity contribution in [2.45, 2.75) is 171 Å². The van der Waals surface area contributed by atoms with Crippen molar-refractivity contribution >= 4 is 104 Å². The minimum Gasteiger partial charge on any atom is -0.507 e. The van der Waals surface area contributed by atoms with Crippen molar-refractivity contribution in [3.8, 4) is 56.8 Å². The van der Waals surface area contributed by atoms with Crippen LogP contribution in [0.3, 0.4) is 0 Å². The molecule has 36 nitrogen and oxygen atoms in total. The third-order valence-corrected chi connectivity index (χ3v) is 29.9. The molecule has 0 spiro atoms. The number of sulfonamides is 4. The molecule has 5 aliphatic heterocycles. The third kappa shape index (κ3) is 24.2. The van der Waals surface area contributed by atoms with Gasteiger partial charge in [0.25, 0.3) is 63.7 Å². The number of amides is 4. The Balaban J connectivity index is 0.000000157. The number of phenols is 1. The van der Waals surface area contributed by atoms with E-state index in [1.54, 1.807) is 74.1 Å². The molecule has 0 aliphatic carbocycles. The van der Waals surface area contributed by atoms with Gasteiger partial charge in [-0.15, -0.1) is 0 Å². The van der Waals surface area contributed by atoms with Crippen LogP contribution >= 0.6 is 0 Å². The molecule has 8 aromatic heterocycles. The summed E-state index contributed by atoms with van der Waals surface area (Å²) in [6, 6.07) is 43.5. The molecule has 4 atom stereocenters. The number of hydrogen-bond donors (Lipinski definition) is 8. The quantitative estimate of drug-likeness (QED) is 0.0278. The van der Waals surface area contributed by atoms with Gasteiger partial charge in [-0.25, -0.2) is 66.6 Å². The first-order valence-electron chi connectivity index (χ1n) is 45.4. The van der Waals surface area contributed by atoms with E-state index in [4.69, 9.17) is 41.1 Å². The molecule has 5 saturated heterocycles. The number of pyridine rings is 8. The van der Waals surface area contributed by atoms with Gasteiger partial charge in [0, 0.05) is 97.3 Å². The molecular formula is C99H118FN19O17S4. The molecule has 4 amide bonds. The number of carbonyl (C=O) groups is 4. The number of aromatic nitrogens is 8. The summed E-state index contributed by atoms with van der Waals surface area (Å²) in [4.78, 5) is 95.1. The van der Waals surface area contributed by atoms with Crippen molar-refractivity contribution in [3.63, 3.8) is 0 Å². The number of nitrogen functional groups attached to an aromatic ring is 3. The number of anilines is 7. The fourth-order valence-corrected chi connectivity index (χ4v) is 22.5. The molecule has 2 unspecified atom stereocenters. The number of benzene rings is 3. The second kappa shape index (κ2) is 42.1. The predicted molar refractivity (Wildman–Crippen MR) is 531 cm³/mol. The maximum absolute atomic E-state index is 14.8. The maximum atomic E-state index is 14.8. The average Bonchev–Trinajstić information content (AvgIpc) is 1.67. The molecule has 0 bridgehead atoms. The Hall–Kier alpha value is -13.8. The third-order valence-electron chi connectivity index (χ3n) is 24.8. The molecule has 16 rings (SSSR count). The highest BCUT2D eigenvalue weighted by molar-refractivity contribution is 7.91. The van der Waals surface area contributed by atoms with E-state index in [0.717, 1.165) is 56.2 Å². The van der Waals surface area contributed by atoms with Crippen molar-refractivity contribution in [2.75, 3.05) is 97.0 Å². The lowest BCUT2D eigenvalue weighted by molar-refractivity contribution is 0.0489. The summed E-state index contributed by atoms with van der Waals surface area (Å²) in [6.07, 6.45) is 10.0. The van der Waals surface area contributed by atoms with E-state index in [2.05, 4.69) is 133 Å². The zero-order valence-corrected chi connectivity index (χ0v) is 83.8. The summed E-state index contributed by atoms with van der Waals surface area (Å²) in [5.41, 5.74) is 20.1. The number of nitrogens with one attached hydrogen (secondary N) is 4. The van der Waals surface area contributed by atoms with Crippen molar-refractivity contribution in [1.82, 2.24) is 58.8 Å². The lowest BCUT2D eigenvalue weighted by atomic mass is 9.97. The fourth-order valence-electron chi connectivity index (χ4n) is 18.6. The van der Waals surface area contributed by atoms with Gasteiger partial charge >= 0.3 is 0 Å². The molecule has 41 heteroatoms. The second-order valence-corrected chi connectivity index (χ2v) is 44.8. The lowest BCUT2D eigenvalue weighted by Gasteiger charge is -2.34. The van der Waals surface area contributed by atoms with Crippen LogP contribution in [0.2, 0.25) is 0 Å². The molecule has 13 heterocycles. The smallest absolute Gasteiger partial charge is 0.281 e. The Morgan fingerprint density at radius 1 is 0.464 bits per heavy atom. The largest absolute Gasteiger partial charge is 0.507 e. The van der Waals surface area contributed by atoms with Crippen LogP contribution in [-0.4, -0.2) is 185 Å². The molecule has 3 aromatic carbocycles. The van der Waals surface area contributed by atoms with Crippen LogP contribution in [0.25, 0.3) is 33.6 Å². The highest BCUT2D eigenvalue weighted by atomic mass is 32.2. The number of rotatable bonds is 24. The minimum absolute atomic E-state index is 0.0257. The predicted octanol–water partition coefficient (Wildman–Crippen LogP) is 13.6. The number of ether oxygens (including phenoxy) is 4. The Kier molecular flexibility index (Phi) is 31.2. The van der Waals surface area contributed by atoms with Crippen molar-refractivity contribution in [1.29, 1.82) is 0 Å². The van der Waals surface area contributed by atoms with E-state index in [-0.39, 0.29) is 116 Å². The molecule has 742 valence electrons. The van der Waals surface area contributed by atoms with Gasteiger partial charge in [-0.1, -0.05) is 75.7 Å². The number of nitrogens with two attached hydrogens (primary N) is 3. The highest BCUT2D eigenvalue weighted by Crippen LogP contribution is 2.45. The topological polar surface area (TPSA) is 504 Å². The SMILES string of the molecule is CC1CN(c2ncccc2C(=O)NS(=O)(=O)c2cccc(OCC3CCOCC3)n2)C(C)(C)C1.COc1cccc(-c2cnc(N3CC(C)CC3(C)C)c(C(=O)NS(=O)(=O)c3cccc(N)n3)c2)c1.COc1cccc(F)c1-c1ccc(C(=O)NS(=O)(=O)c2cccnc2N)c(N2C[C@@H](C)CC2(C)C)n1.Cc1ccc(O)c(-c2ccc(C(=O)NS(=O)(=O)c3cccc(N)n3)c(N3C[C@@H](C)CC3(C)C)n2)c1. The van der Waals surface area contributed by atoms with Crippen molar-refractivity contribution < 1.29 is 81.3 Å². The zero-order chi connectivity index (χ0) is 102. The van der Waals surface area contributed by atoms with Gasteiger partial charge in [-0.05, 0) is 257 Å². The molecule has 11 aromatic rings. The number of aromatic hydroxyl groups is 1. The Labute approximate surface area is 815 Å². The zero-order valence-electron chi connectivity index (χ0n) is 80.6. The van der Waals surface area contributed by atoms with Crippen LogP contribution in [0.1, 0.15) is 169 Å². The molecule has 140 heavy (non-hydrogen) atoms. The van der Waals surface area contributed by atoms with Crippen LogP contribution in [-0.2, 0) is 44.8 Å². The van der Waals surface area contributed by atoms with Crippen LogP contribution in [0.15, 0.2) is 208 Å². The number of aryl methyl sites for hydroxylation is 1. The number of methoxy groups -OCH3 is 2. The molecule has 11 N–H and O–H groups in total. The summed E-state index contributed by atoms with van der Waals surface area (Å²) in [6.45, 7) is 31.4. The normalized spacial score (nSPS) is 18.1. The van der Waals surface area contributed by atoms with E-state index in [1.807, 2.05) is 60.9 Å². The number of phenolic OH excluding ortho intramolecular Hbond substituents is 1. The first-order valence-corrected chi connectivity index (χ1v) is 51.4. The summed E-state index contributed by atoms with van der Waals surface area (Å²) >= 11 is 0. The summed E-state index contributed by atoms with van der Waals surface area (Å²) < 4.78 is 148. The first-order chi connectivity index (χ1) is 66.0. The maximum Gasteiger partial charge on any atom is 0.281 e. The van der Waals surface area contributed by atoms with Crippen LogP contribution in [0.4, 0.5) is 45.1 Å². The van der Waals surface area contributed by atoms with Crippen LogP contribution in [0, 0.1) is 42.3 Å². The Morgan fingerprint density at radius 3 is 1.41 bits per heavy atom. The van der Waals surface area contributed by atoms with E-state index in [9.17, 15) is 62.3 Å². The number of hydrogen-bond acceptors (Lipinski definition) is 32.